The van der Waals surface area contributed by atoms with Gasteiger partial charge in [-0.1, -0.05) is 31.4 Å². The van der Waals surface area contributed by atoms with Crippen LogP contribution in [0.5, 0.6) is 5.75 Å². The minimum absolute atomic E-state index is 0.0160. The summed E-state index contributed by atoms with van der Waals surface area (Å²) in [5.41, 5.74) is -0.309. The second kappa shape index (κ2) is 7.35. The van der Waals surface area contributed by atoms with Crippen LogP contribution in [0.25, 0.3) is 0 Å². The van der Waals surface area contributed by atoms with E-state index in [4.69, 9.17) is 4.74 Å². The van der Waals surface area contributed by atoms with Crippen LogP contribution in [0.15, 0.2) is 18.2 Å². The fraction of sp³-hybridized carbons (Fsp3) is 0.500. The van der Waals surface area contributed by atoms with E-state index in [1.165, 1.54) is 13.0 Å². The van der Waals surface area contributed by atoms with Gasteiger partial charge >= 0.3 is 5.97 Å². The molecule has 24 heavy (non-hydrogen) atoms. The predicted octanol–water partition coefficient (Wildman–Crippen LogP) is 2.59. The van der Waals surface area contributed by atoms with Gasteiger partial charge in [-0.25, -0.2) is 4.79 Å². The Labute approximate surface area is 141 Å². The second-order valence-electron chi connectivity index (χ2n) is 6.26. The van der Waals surface area contributed by atoms with Gasteiger partial charge in [0.2, 0.25) is 0 Å². The Morgan fingerprint density at radius 2 is 2.00 bits per heavy atom. The largest absolute Gasteiger partial charge is 0.507 e. The van der Waals surface area contributed by atoms with Gasteiger partial charge in [0, 0.05) is 0 Å². The van der Waals surface area contributed by atoms with Crippen LogP contribution in [0.4, 0.5) is 0 Å². The summed E-state index contributed by atoms with van der Waals surface area (Å²) in [4.78, 5) is 24.4. The Hall–Kier alpha value is -2.55. The molecular formula is C18H22N2O4. The maximum atomic E-state index is 12.3. The number of nitrogens with one attached hydrogen (secondary N) is 1. The quantitative estimate of drug-likeness (QED) is 0.827. The topological polar surface area (TPSA) is 99.4 Å². The van der Waals surface area contributed by atoms with Gasteiger partial charge in [0.15, 0.2) is 6.10 Å². The molecule has 128 valence electrons. The molecule has 1 atom stereocenters. The van der Waals surface area contributed by atoms with Gasteiger partial charge in [0.05, 0.1) is 6.07 Å². The number of carbonyl (C=O) groups excluding carboxylic acids is 2. The van der Waals surface area contributed by atoms with E-state index in [0.29, 0.717) is 18.4 Å². The fourth-order valence-electron chi connectivity index (χ4n) is 2.86. The molecule has 2 rings (SSSR count). The normalized spacial score (nSPS) is 17.4. The second-order valence-corrected chi connectivity index (χ2v) is 6.26. The van der Waals surface area contributed by atoms with Gasteiger partial charge < -0.3 is 15.2 Å². The first-order valence-electron chi connectivity index (χ1n) is 8.11. The number of nitrogens with zero attached hydrogens (tertiary/aromatic N) is 1. The highest BCUT2D eigenvalue weighted by atomic mass is 16.5. The van der Waals surface area contributed by atoms with E-state index < -0.39 is 23.5 Å². The number of para-hydroxylation sites is 1. The number of amides is 1. The number of aryl methyl sites for hydroxylation is 1. The Morgan fingerprint density at radius 3 is 2.62 bits per heavy atom. The monoisotopic (exact) mass is 330 g/mol. The number of carbonyl (C=O) groups is 2. The molecule has 0 spiro atoms. The van der Waals surface area contributed by atoms with Crippen molar-refractivity contribution in [2.75, 3.05) is 0 Å². The lowest BCUT2D eigenvalue weighted by Crippen LogP contribution is -2.52. The van der Waals surface area contributed by atoms with Crippen molar-refractivity contribution in [3.8, 4) is 11.8 Å². The molecule has 0 aliphatic heterocycles. The van der Waals surface area contributed by atoms with Crippen molar-refractivity contribution in [1.82, 2.24) is 5.32 Å². The summed E-state index contributed by atoms with van der Waals surface area (Å²) in [5, 5.41) is 22.0. The van der Waals surface area contributed by atoms with Crippen molar-refractivity contribution >= 4 is 11.9 Å². The van der Waals surface area contributed by atoms with Crippen molar-refractivity contribution in [2.24, 2.45) is 0 Å². The van der Waals surface area contributed by atoms with Gasteiger partial charge in [-0.3, -0.25) is 4.79 Å². The predicted molar refractivity (Wildman–Crippen MR) is 87.3 cm³/mol. The van der Waals surface area contributed by atoms with Crippen LogP contribution in [0.1, 0.15) is 54.9 Å². The van der Waals surface area contributed by atoms with Gasteiger partial charge in [0.25, 0.3) is 5.91 Å². The summed E-state index contributed by atoms with van der Waals surface area (Å²) in [6.07, 6.45) is 2.99. The molecule has 1 unspecified atom stereocenters. The van der Waals surface area contributed by atoms with Crippen LogP contribution in [-0.2, 0) is 9.53 Å². The third kappa shape index (κ3) is 3.85. The van der Waals surface area contributed by atoms with Crippen LogP contribution >= 0.6 is 0 Å². The lowest BCUT2D eigenvalue weighted by atomic mass is 9.83. The zero-order valence-electron chi connectivity index (χ0n) is 14.0. The Morgan fingerprint density at radius 1 is 1.33 bits per heavy atom. The van der Waals surface area contributed by atoms with E-state index in [1.807, 2.05) is 0 Å². The highest BCUT2D eigenvalue weighted by Gasteiger charge is 2.35. The lowest BCUT2D eigenvalue weighted by molar-refractivity contribution is -0.130. The zero-order valence-corrected chi connectivity index (χ0v) is 14.0. The molecule has 0 radical (unpaired) electrons. The zero-order chi connectivity index (χ0) is 17.7. The van der Waals surface area contributed by atoms with Crippen molar-refractivity contribution < 1.29 is 19.4 Å². The number of esters is 1. The van der Waals surface area contributed by atoms with Crippen LogP contribution in [0.2, 0.25) is 0 Å². The number of ether oxygens (including phenoxy) is 1. The maximum Gasteiger partial charge on any atom is 0.342 e. The molecule has 1 amide bonds. The molecule has 0 heterocycles. The number of benzene rings is 1. The minimum Gasteiger partial charge on any atom is -0.507 e. The molecular weight excluding hydrogens is 308 g/mol. The van der Waals surface area contributed by atoms with E-state index in [-0.39, 0.29) is 11.3 Å². The number of hydrogen-bond acceptors (Lipinski definition) is 5. The molecule has 1 aliphatic rings. The molecule has 1 aromatic rings. The molecule has 0 saturated heterocycles. The van der Waals surface area contributed by atoms with Gasteiger partial charge in [-0.2, -0.15) is 5.26 Å². The Balaban J connectivity index is 2.02. The SMILES string of the molecule is Cc1cccc(C(=O)OC(C)C(=O)NC2(C#N)CCCCC2)c1O. The summed E-state index contributed by atoms with van der Waals surface area (Å²) in [6.45, 7) is 3.12. The average Bonchev–Trinajstić information content (AvgIpc) is 2.58. The summed E-state index contributed by atoms with van der Waals surface area (Å²) in [7, 11) is 0. The summed E-state index contributed by atoms with van der Waals surface area (Å²) < 4.78 is 5.14. The first kappa shape index (κ1) is 17.8. The molecule has 0 aromatic heterocycles. The summed E-state index contributed by atoms with van der Waals surface area (Å²) in [6, 6.07) is 6.93. The minimum atomic E-state index is -1.05. The van der Waals surface area contributed by atoms with Crippen molar-refractivity contribution in [3.05, 3.63) is 29.3 Å². The Kier molecular flexibility index (Phi) is 5.45. The molecule has 6 nitrogen and oxygen atoms in total. The molecule has 1 saturated carbocycles. The van der Waals surface area contributed by atoms with Gasteiger partial charge in [-0.05, 0) is 38.3 Å². The van der Waals surface area contributed by atoms with E-state index in [1.54, 1.807) is 19.1 Å². The highest BCUT2D eigenvalue weighted by molar-refractivity contribution is 5.95. The number of phenols is 1. The first-order chi connectivity index (χ1) is 11.4. The van der Waals surface area contributed by atoms with Crippen molar-refractivity contribution in [2.45, 2.75) is 57.6 Å². The smallest absolute Gasteiger partial charge is 0.342 e. The summed E-state index contributed by atoms with van der Waals surface area (Å²) >= 11 is 0. The van der Waals surface area contributed by atoms with E-state index in [2.05, 4.69) is 11.4 Å². The van der Waals surface area contributed by atoms with Crippen LogP contribution in [-0.4, -0.2) is 28.6 Å². The maximum absolute atomic E-state index is 12.3. The van der Waals surface area contributed by atoms with Crippen LogP contribution < -0.4 is 5.32 Å². The van der Waals surface area contributed by atoms with E-state index in [0.717, 1.165) is 19.3 Å². The highest BCUT2D eigenvalue weighted by Crippen LogP contribution is 2.28. The van der Waals surface area contributed by atoms with E-state index >= 15 is 0 Å². The fourth-order valence-corrected chi connectivity index (χ4v) is 2.86. The average molecular weight is 330 g/mol. The molecule has 6 heteroatoms. The third-order valence-corrected chi connectivity index (χ3v) is 4.39. The summed E-state index contributed by atoms with van der Waals surface area (Å²) in [5.74, 6) is -1.43. The third-order valence-electron chi connectivity index (χ3n) is 4.39. The number of hydrogen-bond donors (Lipinski definition) is 2. The molecule has 1 aliphatic carbocycles. The molecule has 1 fully saturated rings. The van der Waals surface area contributed by atoms with Crippen LogP contribution in [0.3, 0.4) is 0 Å². The van der Waals surface area contributed by atoms with Crippen molar-refractivity contribution in [3.63, 3.8) is 0 Å². The van der Waals surface area contributed by atoms with Crippen molar-refractivity contribution in [1.29, 1.82) is 5.26 Å². The number of aromatic hydroxyl groups is 1. The van der Waals surface area contributed by atoms with Gasteiger partial charge in [-0.15, -0.1) is 0 Å². The first-order valence-corrected chi connectivity index (χ1v) is 8.11. The standard InChI is InChI=1S/C18H22N2O4/c1-12-7-6-8-14(15(12)21)17(23)24-13(2)16(22)20-18(11-19)9-4-3-5-10-18/h6-8,13,21H,3-5,9-10H2,1-2H3,(H,20,22). The lowest BCUT2D eigenvalue weighted by Gasteiger charge is -2.32. The molecule has 2 N–H and O–H groups in total. The number of rotatable bonds is 4. The molecule has 0 bridgehead atoms. The van der Waals surface area contributed by atoms with Gasteiger partial charge in [0.1, 0.15) is 16.9 Å². The molecule has 1 aromatic carbocycles. The Bertz CT molecular complexity index is 672. The number of phenolic OH excluding ortho intramolecular Hbond substituents is 1. The van der Waals surface area contributed by atoms with Crippen LogP contribution in [0, 0.1) is 18.3 Å². The number of nitriles is 1. The van der Waals surface area contributed by atoms with E-state index in [9.17, 15) is 20.0 Å².